The molecule has 0 saturated carbocycles. The minimum atomic E-state index is -0.166. The molecule has 0 saturated heterocycles. The molecule has 96 valence electrons. The fraction of sp³-hybridized carbons (Fsp3) is 0.385. The van der Waals surface area contributed by atoms with Gasteiger partial charge in [-0.1, -0.05) is 12.1 Å². The van der Waals surface area contributed by atoms with E-state index in [2.05, 4.69) is 15.6 Å². The van der Waals surface area contributed by atoms with Gasteiger partial charge in [-0.2, -0.15) is 0 Å². The highest BCUT2D eigenvalue weighted by molar-refractivity contribution is 5.74. The van der Waals surface area contributed by atoms with Crippen molar-refractivity contribution < 1.29 is 9.21 Å². The lowest BCUT2D eigenvalue weighted by atomic mass is 10.3. The third-order valence-corrected chi connectivity index (χ3v) is 2.38. The van der Waals surface area contributed by atoms with Crippen LogP contribution in [0.5, 0.6) is 0 Å². The number of para-hydroxylation sites is 2. The van der Waals surface area contributed by atoms with Crippen molar-refractivity contribution >= 4 is 17.1 Å². The van der Waals surface area contributed by atoms with Crippen LogP contribution in [0.3, 0.4) is 0 Å². The molecule has 1 heterocycles. The van der Waals surface area contributed by atoms with Crippen molar-refractivity contribution in [3.05, 3.63) is 30.2 Å². The summed E-state index contributed by atoms with van der Waals surface area (Å²) in [7, 11) is 0. The molecule has 5 nitrogen and oxygen atoms in total. The van der Waals surface area contributed by atoms with Crippen molar-refractivity contribution in [2.75, 3.05) is 6.54 Å². The van der Waals surface area contributed by atoms with Gasteiger partial charge in [0.05, 0.1) is 0 Å². The van der Waals surface area contributed by atoms with Crippen molar-refractivity contribution in [2.45, 2.75) is 26.3 Å². The maximum atomic E-state index is 11.3. The zero-order chi connectivity index (χ0) is 13.0. The molecule has 0 fully saturated rings. The molecule has 0 aliphatic heterocycles. The van der Waals surface area contributed by atoms with Crippen LogP contribution < -0.4 is 10.6 Å². The third-order valence-electron chi connectivity index (χ3n) is 2.38. The van der Waals surface area contributed by atoms with Crippen LogP contribution in [-0.2, 0) is 6.42 Å². The highest BCUT2D eigenvalue weighted by atomic mass is 16.3. The van der Waals surface area contributed by atoms with Crippen molar-refractivity contribution in [2.24, 2.45) is 0 Å². The van der Waals surface area contributed by atoms with E-state index in [0.29, 0.717) is 18.9 Å². The Hall–Kier alpha value is -2.04. The quantitative estimate of drug-likeness (QED) is 0.869. The summed E-state index contributed by atoms with van der Waals surface area (Å²) in [4.78, 5) is 15.7. The van der Waals surface area contributed by atoms with Crippen LogP contribution in [0.2, 0.25) is 0 Å². The predicted octanol–water partition coefficient (Wildman–Crippen LogP) is 2.08. The second-order valence-electron chi connectivity index (χ2n) is 4.38. The molecule has 2 amide bonds. The van der Waals surface area contributed by atoms with Gasteiger partial charge < -0.3 is 15.1 Å². The summed E-state index contributed by atoms with van der Waals surface area (Å²) in [5, 5.41) is 5.51. The normalized spacial score (nSPS) is 10.8. The minimum absolute atomic E-state index is 0.134. The highest BCUT2D eigenvalue weighted by Crippen LogP contribution is 2.14. The summed E-state index contributed by atoms with van der Waals surface area (Å²) >= 11 is 0. The highest BCUT2D eigenvalue weighted by Gasteiger charge is 2.06. The van der Waals surface area contributed by atoms with E-state index in [4.69, 9.17) is 4.42 Å². The number of benzene rings is 1. The molecule has 0 aliphatic rings. The van der Waals surface area contributed by atoms with E-state index in [9.17, 15) is 4.79 Å². The third kappa shape index (κ3) is 3.23. The Bertz CT molecular complexity index is 501. The molecule has 2 rings (SSSR count). The van der Waals surface area contributed by atoms with Crippen LogP contribution in [0.4, 0.5) is 4.79 Å². The number of urea groups is 1. The first kappa shape index (κ1) is 12.4. The molecule has 5 heteroatoms. The van der Waals surface area contributed by atoms with Gasteiger partial charge >= 0.3 is 6.03 Å². The Kier molecular flexibility index (Phi) is 3.82. The second-order valence-corrected chi connectivity index (χ2v) is 4.38. The molecule has 0 radical (unpaired) electrons. The molecule has 2 aromatic rings. The van der Waals surface area contributed by atoms with Gasteiger partial charge in [0, 0.05) is 19.0 Å². The van der Waals surface area contributed by atoms with Crippen LogP contribution in [0.1, 0.15) is 19.7 Å². The Balaban J connectivity index is 1.85. The number of nitrogens with one attached hydrogen (secondary N) is 2. The lowest BCUT2D eigenvalue weighted by Crippen LogP contribution is -2.40. The van der Waals surface area contributed by atoms with Crippen LogP contribution >= 0.6 is 0 Å². The van der Waals surface area contributed by atoms with Crippen molar-refractivity contribution in [1.82, 2.24) is 15.6 Å². The smallest absolute Gasteiger partial charge is 0.315 e. The van der Waals surface area contributed by atoms with Crippen LogP contribution in [0.25, 0.3) is 11.1 Å². The molecule has 0 atom stereocenters. The number of carbonyl (C=O) groups is 1. The maximum absolute atomic E-state index is 11.3. The molecule has 2 N–H and O–H groups in total. The summed E-state index contributed by atoms with van der Waals surface area (Å²) in [5.74, 6) is 0.640. The van der Waals surface area contributed by atoms with E-state index >= 15 is 0 Å². The molecule has 18 heavy (non-hydrogen) atoms. The van der Waals surface area contributed by atoms with E-state index in [0.717, 1.165) is 11.1 Å². The lowest BCUT2D eigenvalue weighted by Gasteiger charge is -2.08. The number of aromatic nitrogens is 1. The van der Waals surface area contributed by atoms with Crippen molar-refractivity contribution in [3.63, 3.8) is 0 Å². The average molecular weight is 247 g/mol. The molecule has 0 aliphatic carbocycles. The number of amides is 2. The van der Waals surface area contributed by atoms with Crippen molar-refractivity contribution in [3.8, 4) is 0 Å². The second kappa shape index (κ2) is 5.53. The van der Waals surface area contributed by atoms with Gasteiger partial charge in [-0.15, -0.1) is 0 Å². The molecule has 0 unspecified atom stereocenters. The van der Waals surface area contributed by atoms with Gasteiger partial charge in [0.1, 0.15) is 5.52 Å². The van der Waals surface area contributed by atoms with Gasteiger partial charge in [-0.05, 0) is 26.0 Å². The van der Waals surface area contributed by atoms with Gasteiger partial charge in [-0.3, -0.25) is 0 Å². The number of fused-ring (bicyclic) bond motifs is 1. The number of nitrogens with zero attached hydrogens (tertiary/aromatic N) is 1. The molecular formula is C13H17N3O2. The maximum Gasteiger partial charge on any atom is 0.315 e. The zero-order valence-electron chi connectivity index (χ0n) is 10.6. The van der Waals surface area contributed by atoms with E-state index in [1.165, 1.54) is 0 Å². The SMILES string of the molecule is CC(C)NC(=O)NCCc1nc2ccccc2o1. The topological polar surface area (TPSA) is 67.2 Å². The molecule has 0 spiro atoms. The standard InChI is InChI=1S/C13H17N3O2/c1-9(2)15-13(17)14-8-7-12-16-10-5-3-4-6-11(10)18-12/h3-6,9H,7-8H2,1-2H3,(H2,14,15,17). The Labute approximate surface area is 106 Å². The number of carbonyl (C=O) groups excluding carboxylic acids is 1. The minimum Gasteiger partial charge on any atom is -0.441 e. The number of hydrogen-bond acceptors (Lipinski definition) is 3. The number of oxazole rings is 1. The van der Waals surface area contributed by atoms with E-state index < -0.39 is 0 Å². The van der Waals surface area contributed by atoms with Gasteiger partial charge in [0.15, 0.2) is 11.5 Å². The van der Waals surface area contributed by atoms with Crippen LogP contribution in [-0.4, -0.2) is 23.6 Å². The summed E-state index contributed by atoms with van der Waals surface area (Å²) in [6, 6.07) is 7.58. The van der Waals surface area contributed by atoms with Gasteiger partial charge in [0.2, 0.25) is 0 Å². The summed E-state index contributed by atoms with van der Waals surface area (Å²) < 4.78 is 5.55. The van der Waals surface area contributed by atoms with Gasteiger partial charge in [0.25, 0.3) is 0 Å². The van der Waals surface area contributed by atoms with Gasteiger partial charge in [-0.25, -0.2) is 9.78 Å². The zero-order valence-corrected chi connectivity index (χ0v) is 10.6. The molecule has 0 bridgehead atoms. The Morgan fingerprint density at radius 1 is 1.39 bits per heavy atom. The first-order chi connectivity index (χ1) is 8.65. The van der Waals surface area contributed by atoms with Crippen LogP contribution in [0.15, 0.2) is 28.7 Å². The predicted molar refractivity (Wildman–Crippen MR) is 69.4 cm³/mol. The first-order valence-electron chi connectivity index (χ1n) is 6.04. The lowest BCUT2D eigenvalue weighted by molar-refractivity contribution is 0.238. The Morgan fingerprint density at radius 3 is 2.89 bits per heavy atom. The first-order valence-corrected chi connectivity index (χ1v) is 6.04. The molecule has 1 aromatic heterocycles. The largest absolute Gasteiger partial charge is 0.441 e. The summed E-state index contributed by atoms with van der Waals surface area (Å²) in [6.45, 7) is 4.34. The summed E-state index contributed by atoms with van der Waals surface area (Å²) in [6.07, 6.45) is 0.584. The fourth-order valence-corrected chi connectivity index (χ4v) is 1.62. The number of rotatable bonds is 4. The van der Waals surface area contributed by atoms with Crippen molar-refractivity contribution in [1.29, 1.82) is 0 Å². The molecular weight excluding hydrogens is 230 g/mol. The van der Waals surface area contributed by atoms with E-state index in [1.54, 1.807) is 0 Å². The Morgan fingerprint density at radius 2 is 2.17 bits per heavy atom. The average Bonchev–Trinajstić information content (AvgIpc) is 2.70. The molecule has 1 aromatic carbocycles. The summed E-state index contributed by atoms with van der Waals surface area (Å²) in [5.41, 5.74) is 1.62. The van der Waals surface area contributed by atoms with E-state index in [1.807, 2.05) is 38.1 Å². The number of hydrogen-bond donors (Lipinski definition) is 2. The van der Waals surface area contributed by atoms with Crippen LogP contribution in [0, 0.1) is 0 Å². The monoisotopic (exact) mass is 247 g/mol. The van der Waals surface area contributed by atoms with E-state index in [-0.39, 0.29) is 12.1 Å². The fourth-order valence-electron chi connectivity index (χ4n) is 1.62.